The van der Waals surface area contributed by atoms with E-state index in [1.807, 2.05) is 45.2 Å². The second kappa shape index (κ2) is 5.80. The van der Waals surface area contributed by atoms with Gasteiger partial charge in [0, 0.05) is 10.5 Å². The summed E-state index contributed by atoms with van der Waals surface area (Å²) in [6.45, 7) is 1.40. The van der Waals surface area contributed by atoms with Crippen LogP contribution in [0.1, 0.15) is 17.3 Å². The van der Waals surface area contributed by atoms with Crippen LogP contribution < -0.4 is 5.32 Å². The average Bonchev–Trinajstić information content (AvgIpc) is 2.17. The van der Waals surface area contributed by atoms with E-state index >= 15 is 0 Å². The molecule has 1 amide bonds. The summed E-state index contributed by atoms with van der Waals surface area (Å²) in [6, 6.07) is 1.59. The number of carboxylic acids is 1. The Balaban J connectivity index is 3.45. The van der Waals surface area contributed by atoms with Crippen molar-refractivity contribution in [3.63, 3.8) is 0 Å². The van der Waals surface area contributed by atoms with Crippen molar-refractivity contribution in [2.24, 2.45) is 0 Å². The van der Waals surface area contributed by atoms with Crippen LogP contribution in [-0.4, -0.2) is 17.0 Å². The van der Waals surface area contributed by atoms with Crippen molar-refractivity contribution in [2.45, 2.75) is 6.92 Å². The zero-order valence-electron chi connectivity index (χ0n) is 7.97. The third-order valence-corrected chi connectivity index (χ3v) is 5.81. The normalized spacial score (nSPS) is 10.0. The monoisotopic (exact) mass is 557 g/mol. The highest BCUT2D eigenvalue weighted by atomic mass is 127. The Bertz CT molecular complexity index is 474. The van der Waals surface area contributed by atoms with Crippen molar-refractivity contribution < 1.29 is 14.7 Å². The van der Waals surface area contributed by atoms with Gasteiger partial charge < -0.3 is 10.4 Å². The molecule has 86 valence electrons. The van der Waals surface area contributed by atoms with Crippen LogP contribution in [0.3, 0.4) is 0 Å². The molecule has 0 bridgehead atoms. The number of carbonyl (C=O) groups is 2. The maximum atomic E-state index is 11.0. The molecule has 0 aromatic heterocycles. The van der Waals surface area contributed by atoms with Crippen molar-refractivity contribution in [3.05, 3.63) is 22.3 Å². The van der Waals surface area contributed by atoms with E-state index in [0.717, 1.165) is 7.14 Å². The van der Waals surface area contributed by atoms with Gasteiger partial charge in [0.2, 0.25) is 5.91 Å². The summed E-state index contributed by atoms with van der Waals surface area (Å²) in [6.07, 6.45) is 0. The molecule has 1 aromatic rings. The lowest BCUT2D eigenvalue weighted by Crippen LogP contribution is -2.12. The van der Waals surface area contributed by atoms with Crippen molar-refractivity contribution in [2.75, 3.05) is 5.32 Å². The molecule has 1 rings (SSSR count). The number of halogens is 3. The number of anilines is 1. The minimum absolute atomic E-state index is 0.203. The van der Waals surface area contributed by atoms with Gasteiger partial charge in [0.1, 0.15) is 0 Å². The van der Waals surface area contributed by atoms with Crippen LogP contribution >= 0.6 is 67.8 Å². The summed E-state index contributed by atoms with van der Waals surface area (Å²) in [7, 11) is 0. The number of benzene rings is 1. The van der Waals surface area contributed by atoms with Crippen LogP contribution in [0.15, 0.2) is 6.07 Å². The molecule has 4 nitrogen and oxygen atoms in total. The predicted octanol–water partition coefficient (Wildman–Crippen LogP) is 3.16. The summed E-state index contributed by atoms with van der Waals surface area (Å²) in [5.74, 6) is -1.21. The SMILES string of the molecule is CC(=O)Nc1c(I)c(I)cc(C(=O)O)c1I. The molecule has 0 spiro atoms. The van der Waals surface area contributed by atoms with Crippen LogP contribution in [0.5, 0.6) is 0 Å². The van der Waals surface area contributed by atoms with Gasteiger partial charge in [0.25, 0.3) is 0 Å². The Labute approximate surface area is 133 Å². The first-order valence-corrected chi connectivity index (χ1v) is 7.26. The zero-order chi connectivity index (χ0) is 12.5. The highest BCUT2D eigenvalue weighted by molar-refractivity contribution is 14.1. The van der Waals surface area contributed by atoms with Gasteiger partial charge in [-0.2, -0.15) is 0 Å². The number of rotatable bonds is 2. The molecule has 0 saturated carbocycles. The van der Waals surface area contributed by atoms with Gasteiger partial charge in [-0.25, -0.2) is 4.79 Å². The summed E-state index contributed by atoms with van der Waals surface area (Å²) < 4.78 is 2.20. The Morgan fingerprint density at radius 2 is 1.81 bits per heavy atom. The zero-order valence-corrected chi connectivity index (χ0v) is 14.4. The molecule has 1 aromatic carbocycles. The third-order valence-electron chi connectivity index (χ3n) is 1.69. The van der Waals surface area contributed by atoms with Crippen LogP contribution in [0, 0.1) is 10.7 Å². The number of nitrogens with one attached hydrogen (secondary N) is 1. The number of carbonyl (C=O) groups excluding carboxylic acids is 1. The van der Waals surface area contributed by atoms with Gasteiger partial charge in [-0.15, -0.1) is 0 Å². The minimum Gasteiger partial charge on any atom is -0.478 e. The van der Waals surface area contributed by atoms with Gasteiger partial charge >= 0.3 is 5.97 Å². The molecule has 0 atom stereocenters. The first-order chi connectivity index (χ1) is 7.34. The van der Waals surface area contributed by atoms with E-state index in [2.05, 4.69) is 27.9 Å². The molecule has 0 saturated heterocycles. The van der Waals surface area contributed by atoms with Gasteiger partial charge in [-0.1, -0.05) is 0 Å². The largest absolute Gasteiger partial charge is 0.478 e. The predicted molar refractivity (Wildman–Crippen MR) is 85.9 cm³/mol. The fourth-order valence-electron chi connectivity index (χ4n) is 1.05. The number of aromatic carboxylic acids is 1. The Kier molecular flexibility index (Phi) is 5.22. The standard InChI is InChI=1S/C9H6I3NO3/c1-3(14)13-8-6(11)4(9(15)16)2-5(10)7(8)12/h2H,1H3,(H,13,14)(H,15,16). The van der Waals surface area contributed by atoms with Crippen LogP contribution in [0.25, 0.3) is 0 Å². The maximum Gasteiger partial charge on any atom is 0.336 e. The highest BCUT2D eigenvalue weighted by Crippen LogP contribution is 2.32. The van der Waals surface area contributed by atoms with Gasteiger partial charge in [0.05, 0.1) is 18.4 Å². The lowest BCUT2D eigenvalue weighted by atomic mass is 10.2. The first-order valence-electron chi connectivity index (χ1n) is 4.03. The van der Waals surface area contributed by atoms with E-state index in [-0.39, 0.29) is 11.5 Å². The molecule has 0 fully saturated rings. The number of carboxylic acid groups (broad SMARTS) is 1. The highest BCUT2D eigenvalue weighted by Gasteiger charge is 2.18. The molecule has 0 heterocycles. The van der Waals surface area contributed by atoms with Crippen molar-refractivity contribution in [1.82, 2.24) is 0 Å². The molecule has 0 aliphatic carbocycles. The fraction of sp³-hybridized carbons (Fsp3) is 0.111. The van der Waals surface area contributed by atoms with Crippen LogP contribution in [0.4, 0.5) is 5.69 Å². The molecule has 0 aliphatic rings. The molecular weight excluding hydrogens is 551 g/mol. The summed E-state index contributed by atoms with van der Waals surface area (Å²) in [5.41, 5.74) is 0.771. The molecule has 16 heavy (non-hydrogen) atoms. The lowest BCUT2D eigenvalue weighted by Gasteiger charge is -2.12. The van der Waals surface area contributed by atoms with E-state index in [1.165, 1.54) is 6.92 Å². The molecule has 0 radical (unpaired) electrons. The van der Waals surface area contributed by atoms with Crippen molar-refractivity contribution in [1.29, 1.82) is 0 Å². The van der Waals surface area contributed by atoms with Gasteiger partial charge in [0.15, 0.2) is 0 Å². The van der Waals surface area contributed by atoms with E-state index in [9.17, 15) is 9.59 Å². The summed E-state index contributed by atoms with van der Waals surface area (Å²) in [5, 5.41) is 11.7. The van der Waals surface area contributed by atoms with Crippen molar-refractivity contribution >= 4 is 85.3 Å². The van der Waals surface area contributed by atoms with Crippen LogP contribution in [0.2, 0.25) is 0 Å². The van der Waals surface area contributed by atoms with Crippen LogP contribution in [-0.2, 0) is 4.79 Å². The molecule has 7 heteroatoms. The third kappa shape index (κ3) is 3.18. The lowest BCUT2D eigenvalue weighted by molar-refractivity contribution is -0.114. The average molecular weight is 557 g/mol. The first kappa shape index (κ1) is 14.4. The Hall–Kier alpha value is 0.350. The number of amides is 1. The second-order valence-corrected chi connectivity index (χ2v) is 6.21. The number of hydrogen-bond acceptors (Lipinski definition) is 2. The van der Waals surface area contributed by atoms with E-state index in [1.54, 1.807) is 6.07 Å². The van der Waals surface area contributed by atoms with E-state index < -0.39 is 5.97 Å². The smallest absolute Gasteiger partial charge is 0.336 e. The summed E-state index contributed by atoms with van der Waals surface area (Å²) in [4.78, 5) is 22.0. The fourth-order valence-corrected chi connectivity index (χ4v) is 3.49. The molecule has 0 unspecified atom stereocenters. The summed E-state index contributed by atoms with van der Waals surface area (Å²) >= 11 is 6.06. The minimum atomic E-state index is -0.995. The molecule has 0 aliphatic heterocycles. The van der Waals surface area contributed by atoms with Crippen molar-refractivity contribution in [3.8, 4) is 0 Å². The van der Waals surface area contributed by atoms with Gasteiger partial charge in [-0.3, -0.25) is 4.79 Å². The van der Waals surface area contributed by atoms with Gasteiger partial charge in [-0.05, 0) is 73.8 Å². The quantitative estimate of drug-likeness (QED) is 0.435. The maximum absolute atomic E-state index is 11.0. The van der Waals surface area contributed by atoms with E-state index in [4.69, 9.17) is 5.11 Å². The Morgan fingerprint density at radius 3 is 2.25 bits per heavy atom. The van der Waals surface area contributed by atoms with E-state index in [0.29, 0.717) is 9.26 Å². The topological polar surface area (TPSA) is 66.4 Å². The number of hydrogen-bond donors (Lipinski definition) is 2. The molecule has 2 N–H and O–H groups in total. The second-order valence-electron chi connectivity index (χ2n) is 2.90. The molecular formula is C9H6I3NO3. The Morgan fingerprint density at radius 1 is 1.25 bits per heavy atom.